The Hall–Kier alpha value is -2.15. The topological polar surface area (TPSA) is 93.5 Å². The second-order valence-corrected chi connectivity index (χ2v) is 6.22. The highest BCUT2D eigenvalue weighted by atomic mass is 16.6. The first-order valence-electron chi connectivity index (χ1n) is 7.99. The van der Waals surface area contributed by atoms with E-state index >= 15 is 0 Å². The number of hydrogen-bond acceptors (Lipinski definition) is 4. The van der Waals surface area contributed by atoms with Gasteiger partial charge in [-0.15, -0.1) is 0 Å². The summed E-state index contributed by atoms with van der Waals surface area (Å²) in [5.74, 6) is 0. The Labute approximate surface area is 134 Å². The highest BCUT2D eigenvalue weighted by Crippen LogP contribution is 2.57. The molecule has 0 saturated heterocycles. The van der Waals surface area contributed by atoms with Crippen LogP contribution in [0, 0.1) is 15.5 Å². The van der Waals surface area contributed by atoms with E-state index in [-0.39, 0.29) is 29.3 Å². The maximum Gasteiger partial charge on any atom is 0.319 e. The van der Waals surface area contributed by atoms with Crippen molar-refractivity contribution in [3.63, 3.8) is 0 Å². The molecule has 0 aliphatic heterocycles. The van der Waals surface area contributed by atoms with Gasteiger partial charge in [-0.1, -0.05) is 6.42 Å². The van der Waals surface area contributed by atoms with Gasteiger partial charge in [-0.3, -0.25) is 10.1 Å². The Balaban J connectivity index is 1.55. The van der Waals surface area contributed by atoms with Crippen molar-refractivity contribution in [1.82, 2.24) is 5.32 Å². The van der Waals surface area contributed by atoms with Gasteiger partial charge in [0.25, 0.3) is 5.69 Å². The van der Waals surface area contributed by atoms with Crippen LogP contribution in [-0.2, 0) is 4.74 Å². The summed E-state index contributed by atoms with van der Waals surface area (Å²) in [6.07, 6.45) is 4.49. The van der Waals surface area contributed by atoms with Gasteiger partial charge in [-0.2, -0.15) is 0 Å². The molecule has 1 aromatic rings. The van der Waals surface area contributed by atoms with E-state index in [1.165, 1.54) is 30.7 Å². The first-order valence-corrected chi connectivity index (χ1v) is 7.99. The molecule has 2 aliphatic rings. The predicted octanol–water partition coefficient (Wildman–Crippen LogP) is 3.06. The number of urea groups is 1. The van der Waals surface area contributed by atoms with Gasteiger partial charge < -0.3 is 15.4 Å². The number of carbonyl (C=O) groups is 1. The minimum Gasteiger partial charge on any atom is -0.378 e. The molecule has 0 unspecified atom stereocenters. The molecular weight excluding hydrogens is 298 g/mol. The van der Waals surface area contributed by atoms with Crippen molar-refractivity contribution < 1.29 is 14.5 Å². The molecule has 2 atom stereocenters. The Morgan fingerprint density at radius 1 is 1.39 bits per heavy atom. The Bertz CT molecular complexity index is 598. The first kappa shape index (κ1) is 15.7. The van der Waals surface area contributed by atoms with E-state index in [0.717, 1.165) is 19.3 Å². The van der Waals surface area contributed by atoms with Crippen LogP contribution in [0.5, 0.6) is 0 Å². The van der Waals surface area contributed by atoms with Crippen molar-refractivity contribution in [2.75, 3.05) is 11.9 Å². The molecule has 2 saturated carbocycles. The number of rotatable bonds is 5. The van der Waals surface area contributed by atoms with Gasteiger partial charge in [-0.25, -0.2) is 4.79 Å². The summed E-state index contributed by atoms with van der Waals surface area (Å²) in [5.41, 5.74) is 0.655. The number of carbonyl (C=O) groups excluding carboxylic acids is 1. The molecule has 3 rings (SSSR count). The lowest BCUT2D eigenvalue weighted by atomic mass is 9.51. The van der Waals surface area contributed by atoms with Crippen molar-refractivity contribution in [1.29, 1.82) is 0 Å². The maximum absolute atomic E-state index is 12.1. The number of nitro groups is 1. The molecule has 7 heteroatoms. The van der Waals surface area contributed by atoms with Gasteiger partial charge >= 0.3 is 6.03 Å². The number of benzene rings is 1. The highest BCUT2D eigenvalue weighted by molar-refractivity contribution is 5.89. The van der Waals surface area contributed by atoms with E-state index in [1.54, 1.807) is 0 Å². The molecule has 1 spiro atoms. The lowest BCUT2D eigenvalue weighted by molar-refractivity contribution is -0.384. The minimum absolute atomic E-state index is 0.00271. The number of nitrogens with zero attached hydrogens (tertiary/aromatic N) is 1. The lowest BCUT2D eigenvalue weighted by Crippen LogP contribution is -2.68. The van der Waals surface area contributed by atoms with Crippen molar-refractivity contribution in [3.05, 3.63) is 34.4 Å². The van der Waals surface area contributed by atoms with Gasteiger partial charge in [0.05, 0.1) is 11.0 Å². The number of hydrogen-bond donors (Lipinski definition) is 2. The third kappa shape index (κ3) is 2.88. The summed E-state index contributed by atoms with van der Waals surface area (Å²) in [5, 5.41) is 16.4. The molecule has 1 aromatic carbocycles. The van der Waals surface area contributed by atoms with Crippen molar-refractivity contribution in [2.45, 2.75) is 44.8 Å². The van der Waals surface area contributed by atoms with Crippen LogP contribution >= 0.6 is 0 Å². The van der Waals surface area contributed by atoms with Gasteiger partial charge in [0, 0.05) is 35.9 Å². The fraction of sp³-hybridized carbons (Fsp3) is 0.562. The summed E-state index contributed by atoms with van der Waals surface area (Å²) < 4.78 is 5.77. The zero-order valence-corrected chi connectivity index (χ0v) is 13.1. The standard InChI is InChI=1S/C16H21N3O4/c1-2-23-14-10-13(16(14)8-3-9-16)18-15(20)17-11-4-6-12(7-5-11)19(21)22/h4-7,13-14H,2-3,8-10H2,1H3,(H2,17,18,20)/t13-,14+/m1/s1. The molecule has 7 nitrogen and oxygen atoms in total. The van der Waals surface area contributed by atoms with Crippen LogP contribution in [0.4, 0.5) is 16.2 Å². The average Bonchev–Trinajstić information content (AvgIpc) is 2.44. The molecule has 124 valence electrons. The van der Waals surface area contributed by atoms with Gasteiger partial charge in [-0.05, 0) is 38.3 Å². The lowest BCUT2D eigenvalue weighted by Gasteiger charge is -2.60. The average molecular weight is 319 g/mol. The quantitative estimate of drug-likeness (QED) is 0.644. The summed E-state index contributed by atoms with van der Waals surface area (Å²) >= 11 is 0. The summed E-state index contributed by atoms with van der Waals surface area (Å²) in [7, 11) is 0. The Kier molecular flexibility index (Phi) is 4.21. The number of anilines is 1. The first-order chi connectivity index (χ1) is 11.0. The Morgan fingerprint density at radius 2 is 2.09 bits per heavy atom. The zero-order valence-electron chi connectivity index (χ0n) is 13.1. The fourth-order valence-corrected chi connectivity index (χ4v) is 3.63. The molecule has 2 N–H and O–H groups in total. The van der Waals surface area contributed by atoms with Crippen LogP contribution < -0.4 is 10.6 Å². The maximum atomic E-state index is 12.1. The smallest absolute Gasteiger partial charge is 0.319 e. The van der Waals surface area contributed by atoms with E-state index in [2.05, 4.69) is 10.6 Å². The van der Waals surface area contributed by atoms with Crippen molar-refractivity contribution in [2.24, 2.45) is 5.41 Å². The van der Waals surface area contributed by atoms with Crippen LogP contribution in [-0.4, -0.2) is 29.7 Å². The predicted molar refractivity (Wildman–Crippen MR) is 85.4 cm³/mol. The SMILES string of the molecule is CCO[C@H]1C[C@@H](NC(=O)Nc2ccc([N+](=O)[O-])cc2)C12CCC2. The molecule has 0 heterocycles. The largest absolute Gasteiger partial charge is 0.378 e. The second-order valence-electron chi connectivity index (χ2n) is 6.22. The number of non-ortho nitro benzene ring substituents is 1. The summed E-state index contributed by atoms with van der Waals surface area (Å²) in [6, 6.07) is 5.67. The van der Waals surface area contributed by atoms with Gasteiger partial charge in [0.15, 0.2) is 0 Å². The van der Waals surface area contributed by atoms with Crippen LogP contribution in [0.2, 0.25) is 0 Å². The summed E-state index contributed by atoms with van der Waals surface area (Å²) in [6.45, 7) is 2.70. The van der Waals surface area contributed by atoms with Crippen molar-refractivity contribution in [3.8, 4) is 0 Å². The van der Waals surface area contributed by atoms with E-state index in [0.29, 0.717) is 12.3 Å². The molecule has 2 fully saturated rings. The van der Waals surface area contributed by atoms with Crippen LogP contribution in [0.15, 0.2) is 24.3 Å². The van der Waals surface area contributed by atoms with Crippen LogP contribution in [0.1, 0.15) is 32.6 Å². The molecular formula is C16H21N3O4. The Morgan fingerprint density at radius 3 is 2.61 bits per heavy atom. The third-order valence-electron chi connectivity index (χ3n) is 5.08. The van der Waals surface area contributed by atoms with E-state index < -0.39 is 4.92 Å². The molecule has 2 amide bonds. The van der Waals surface area contributed by atoms with E-state index in [4.69, 9.17) is 4.74 Å². The molecule has 0 radical (unpaired) electrons. The second kappa shape index (κ2) is 6.16. The minimum atomic E-state index is -0.466. The third-order valence-corrected chi connectivity index (χ3v) is 5.08. The number of nitrogens with one attached hydrogen (secondary N) is 2. The number of ether oxygens (including phenoxy) is 1. The normalized spacial score (nSPS) is 24.4. The number of nitro benzene ring substituents is 1. The van der Waals surface area contributed by atoms with E-state index in [9.17, 15) is 14.9 Å². The molecule has 2 aliphatic carbocycles. The van der Waals surface area contributed by atoms with E-state index in [1.807, 2.05) is 6.92 Å². The summed E-state index contributed by atoms with van der Waals surface area (Å²) in [4.78, 5) is 22.3. The number of amides is 2. The van der Waals surface area contributed by atoms with Crippen LogP contribution in [0.25, 0.3) is 0 Å². The highest BCUT2D eigenvalue weighted by Gasteiger charge is 2.59. The van der Waals surface area contributed by atoms with Crippen LogP contribution in [0.3, 0.4) is 0 Å². The van der Waals surface area contributed by atoms with Gasteiger partial charge in [0.1, 0.15) is 0 Å². The van der Waals surface area contributed by atoms with Crippen molar-refractivity contribution >= 4 is 17.4 Å². The molecule has 0 aromatic heterocycles. The van der Waals surface area contributed by atoms with Gasteiger partial charge in [0.2, 0.25) is 0 Å². The molecule has 23 heavy (non-hydrogen) atoms. The fourth-order valence-electron chi connectivity index (χ4n) is 3.63. The zero-order chi connectivity index (χ0) is 16.4. The monoisotopic (exact) mass is 319 g/mol. The molecule has 0 bridgehead atoms.